The van der Waals surface area contributed by atoms with Gasteiger partial charge < -0.3 is 5.32 Å². The fraction of sp³-hybridized carbons (Fsp3) is 0.130. The van der Waals surface area contributed by atoms with Crippen molar-refractivity contribution in [2.24, 2.45) is 0 Å². The fourth-order valence-corrected chi connectivity index (χ4v) is 3.48. The number of carbonyl (C=O) groups excluding carboxylic acids is 2. The van der Waals surface area contributed by atoms with Crippen LogP contribution in [0, 0.1) is 5.82 Å². The summed E-state index contributed by atoms with van der Waals surface area (Å²) in [6.07, 6.45) is 0.462. The normalized spacial score (nSPS) is 15.2. The van der Waals surface area contributed by atoms with Crippen LogP contribution in [-0.4, -0.2) is 17.9 Å². The number of amides is 2. The van der Waals surface area contributed by atoms with Gasteiger partial charge in [-0.1, -0.05) is 48.5 Å². The number of para-hydroxylation sites is 1. The molecule has 3 aromatic carbocycles. The third-order valence-corrected chi connectivity index (χ3v) is 4.90. The minimum absolute atomic E-state index is 0.201. The van der Waals surface area contributed by atoms with E-state index in [4.69, 9.17) is 0 Å². The number of anilines is 1. The van der Waals surface area contributed by atoms with Crippen LogP contribution in [0.2, 0.25) is 0 Å². The highest BCUT2D eigenvalue weighted by Crippen LogP contribution is 2.33. The summed E-state index contributed by atoms with van der Waals surface area (Å²) in [6, 6.07) is 21.9. The molecule has 0 fully saturated rings. The zero-order valence-corrected chi connectivity index (χ0v) is 15.1. The molecule has 0 spiro atoms. The number of rotatable bonds is 4. The molecule has 4 nitrogen and oxygen atoms in total. The molecule has 0 saturated heterocycles. The van der Waals surface area contributed by atoms with Gasteiger partial charge in [0.1, 0.15) is 11.9 Å². The van der Waals surface area contributed by atoms with Gasteiger partial charge in [0.15, 0.2) is 0 Å². The average Bonchev–Trinajstić information content (AvgIpc) is 3.13. The van der Waals surface area contributed by atoms with Crippen molar-refractivity contribution in [3.05, 3.63) is 101 Å². The lowest BCUT2D eigenvalue weighted by atomic mass is 10.1. The molecule has 1 atom stereocenters. The number of carbonyl (C=O) groups is 2. The van der Waals surface area contributed by atoms with Gasteiger partial charge in [0.25, 0.3) is 5.91 Å². The average molecular weight is 374 g/mol. The van der Waals surface area contributed by atoms with E-state index in [1.54, 1.807) is 41.3 Å². The van der Waals surface area contributed by atoms with Crippen LogP contribution in [0.25, 0.3) is 0 Å². The van der Waals surface area contributed by atoms with Crippen molar-refractivity contribution in [3.8, 4) is 0 Å². The first-order chi connectivity index (χ1) is 13.6. The molecule has 1 unspecified atom stereocenters. The van der Waals surface area contributed by atoms with Gasteiger partial charge in [-0.25, -0.2) is 4.39 Å². The third kappa shape index (κ3) is 3.51. The Morgan fingerprint density at radius 3 is 2.36 bits per heavy atom. The number of nitrogens with one attached hydrogen (secondary N) is 1. The molecule has 28 heavy (non-hydrogen) atoms. The molecule has 5 heteroatoms. The highest BCUT2D eigenvalue weighted by molar-refractivity contribution is 6.11. The molecule has 0 radical (unpaired) electrons. The Labute approximate surface area is 162 Å². The van der Waals surface area contributed by atoms with Crippen molar-refractivity contribution in [2.45, 2.75) is 19.0 Å². The Bertz CT molecular complexity index is 1000. The lowest BCUT2D eigenvalue weighted by Gasteiger charge is -2.25. The second-order valence-corrected chi connectivity index (χ2v) is 6.73. The molecule has 1 aliphatic heterocycles. The van der Waals surface area contributed by atoms with Crippen molar-refractivity contribution in [3.63, 3.8) is 0 Å². The number of benzene rings is 3. The second kappa shape index (κ2) is 7.64. The topological polar surface area (TPSA) is 49.4 Å². The van der Waals surface area contributed by atoms with E-state index in [1.165, 1.54) is 12.1 Å². The van der Waals surface area contributed by atoms with Crippen LogP contribution in [0.3, 0.4) is 0 Å². The summed E-state index contributed by atoms with van der Waals surface area (Å²) in [4.78, 5) is 27.6. The number of fused-ring (bicyclic) bond motifs is 1. The molecule has 3 aromatic rings. The molecule has 140 valence electrons. The largest absolute Gasteiger partial charge is 0.350 e. The van der Waals surface area contributed by atoms with E-state index in [0.717, 1.165) is 16.8 Å². The maximum Gasteiger partial charge on any atom is 0.259 e. The van der Waals surface area contributed by atoms with Gasteiger partial charge in [-0.15, -0.1) is 0 Å². The summed E-state index contributed by atoms with van der Waals surface area (Å²) >= 11 is 0. The second-order valence-electron chi connectivity index (χ2n) is 6.73. The summed E-state index contributed by atoms with van der Waals surface area (Å²) in [5, 5.41) is 2.88. The monoisotopic (exact) mass is 374 g/mol. The van der Waals surface area contributed by atoms with Crippen molar-refractivity contribution in [2.75, 3.05) is 4.90 Å². The molecular formula is C23H19FN2O2. The van der Waals surface area contributed by atoms with E-state index < -0.39 is 6.04 Å². The van der Waals surface area contributed by atoms with Gasteiger partial charge in [-0.05, 0) is 41.5 Å². The van der Waals surface area contributed by atoms with Gasteiger partial charge in [-0.2, -0.15) is 0 Å². The van der Waals surface area contributed by atoms with Crippen molar-refractivity contribution < 1.29 is 14.0 Å². The lowest BCUT2D eigenvalue weighted by molar-refractivity contribution is -0.122. The third-order valence-electron chi connectivity index (χ3n) is 4.90. The zero-order valence-electron chi connectivity index (χ0n) is 15.1. The van der Waals surface area contributed by atoms with Crippen molar-refractivity contribution in [1.29, 1.82) is 0 Å². The lowest BCUT2D eigenvalue weighted by Crippen LogP contribution is -2.48. The van der Waals surface area contributed by atoms with Gasteiger partial charge in [0, 0.05) is 24.2 Å². The maximum atomic E-state index is 13.1. The molecule has 0 saturated carbocycles. The Hall–Kier alpha value is -3.47. The molecule has 0 aromatic heterocycles. The minimum atomic E-state index is -0.620. The van der Waals surface area contributed by atoms with Crippen LogP contribution in [0.5, 0.6) is 0 Å². The number of hydrogen-bond acceptors (Lipinski definition) is 2. The molecule has 2 amide bonds. The highest BCUT2D eigenvalue weighted by Gasteiger charge is 2.38. The van der Waals surface area contributed by atoms with E-state index in [9.17, 15) is 14.0 Å². The summed E-state index contributed by atoms with van der Waals surface area (Å²) < 4.78 is 13.1. The van der Waals surface area contributed by atoms with Gasteiger partial charge in [0.2, 0.25) is 5.91 Å². The molecule has 1 N–H and O–H groups in total. The Kier molecular flexibility index (Phi) is 4.89. The van der Waals surface area contributed by atoms with Gasteiger partial charge in [0.05, 0.1) is 0 Å². The molecule has 1 heterocycles. The first kappa shape index (κ1) is 17.9. The van der Waals surface area contributed by atoms with E-state index in [2.05, 4.69) is 5.32 Å². The maximum absolute atomic E-state index is 13.1. The number of hydrogen-bond donors (Lipinski definition) is 1. The number of halogens is 1. The van der Waals surface area contributed by atoms with Crippen LogP contribution in [0.1, 0.15) is 21.5 Å². The molecule has 0 bridgehead atoms. The van der Waals surface area contributed by atoms with Crippen LogP contribution in [0.15, 0.2) is 78.9 Å². The predicted molar refractivity (Wildman–Crippen MR) is 105 cm³/mol. The van der Waals surface area contributed by atoms with E-state index in [1.807, 2.05) is 30.3 Å². The molecule has 0 aliphatic carbocycles. The molecule has 4 rings (SSSR count). The standard InChI is InChI=1S/C23H19FN2O2/c24-19-12-10-16(11-13-19)15-25-22(27)21-14-18-8-4-5-9-20(18)26(21)23(28)17-6-2-1-3-7-17/h1-13,21H,14-15H2,(H,25,27). The van der Waals surface area contributed by atoms with Crippen molar-refractivity contribution in [1.82, 2.24) is 5.32 Å². The van der Waals surface area contributed by atoms with E-state index in [0.29, 0.717) is 12.0 Å². The highest BCUT2D eigenvalue weighted by atomic mass is 19.1. The first-order valence-electron chi connectivity index (χ1n) is 9.12. The minimum Gasteiger partial charge on any atom is -0.350 e. The Balaban J connectivity index is 1.57. The first-order valence-corrected chi connectivity index (χ1v) is 9.12. The van der Waals surface area contributed by atoms with Gasteiger partial charge >= 0.3 is 0 Å². The van der Waals surface area contributed by atoms with E-state index >= 15 is 0 Å². The Morgan fingerprint density at radius 2 is 1.61 bits per heavy atom. The Morgan fingerprint density at radius 1 is 0.929 bits per heavy atom. The van der Waals surface area contributed by atoms with Crippen LogP contribution < -0.4 is 10.2 Å². The quantitative estimate of drug-likeness (QED) is 0.757. The SMILES string of the molecule is O=C(NCc1ccc(F)cc1)C1Cc2ccccc2N1C(=O)c1ccccc1. The molecule has 1 aliphatic rings. The fourth-order valence-electron chi connectivity index (χ4n) is 3.48. The summed E-state index contributed by atoms with van der Waals surface area (Å²) in [5.74, 6) is -0.752. The smallest absolute Gasteiger partial charge is 0.259 e. The summed E-state index contributed by atoms with van der Waals surface area (Å²) in [5.41, 5.74) is 3.06. The van der Waals surface area contributed by atoms with Crippen LogP contribution in [-0.2, 0) is 17.8 Å². The predicted octanol–water partition coefficient (Wildman–Crippen LogP) is 3.71. The van der Waals surface area contributed by atoms with Gasteiger partial charge in [-0.3, -0.25) is 14.5 Å². The van der Waals surface area contributed by atoms with Crippen LogP contribution >= 0.6 is 0 Å². The van der Waals surface area contributed by atoms with Crippen molar-refractivity contribution >= 4 is 17.5 Å². The summed E-state index contributed by atoms with van der Waals surface area (Å²) in [7, 11) is 0. The van der Waals surface area contributed by atoms with Crippen LogP contribution in [0.4, 0.5) is 10.1 Å². The zero-order chi connectivity index (χ0) is 19.5. The molecular weight excluding hydrogens is 355 g/mol. The number of nitrogens with zero attached hydrogens (tertiary/aromatic N) is 1. The summed E-state index contributed by atoms with van der Waals surface area (Å²) in [6.45, 7) is 0.277. The van der Waals surface area contributed by atoms with E-state index in [-0.39, 0.29) is 24.2 Å².